The highest BCUT2D eigenvalue weighted by Crippen LogP contribution is 2.45. The number of para-hydroxylation sites is 1. The second kappa shape index (κ2) is 7.94. The van der Waals surface area contributed by atoms with E-state index in [1.165, 1.54) is 6.92 Å². The SMILES string of the molecule is C[C@H](C(=O)Nc1ccccc1Cl)N1C(=O)c2c(Br)c(Br)c(Br)c(Br)c2C1=O. The van der Waals surface area contributed by atoms with Crippen molar-refractivity contribution in [1.82, 2.24) is 4.90 Å². The molecule has 1 aliphatic rings. The van der Waals surface area contributed by atoms with Crippen LogP contribution >= 0.6 is 75.3 Å². The lowest BCUT2D eigenvalue weighted by Gasteiger charge is -2.22. The number of nitrogens with one attached hydrogen (secondary N) is 1. The van der Waals surface area contributed by atoms with Gasteiger partial charge in [-0.3, -0.25) is 19.3 Å². The summed E-state index contributed by atoms with van der Waals surface area (Å²) in [4.78, 5) is 39.4. The summed E-state index contributed by atoms with van der Waals surface area (Å²) < 4.78 is 2.05. The van der Waals surface area contributed by atoms with Crippen LogP contribution < -0.4 is 5.32 Å². The first-order valence-corrected chi connectivity index (χ1v) is 11.0. The van der Waals surface area contributed by atoms with E-state index in [4.69, 9.17) is 11.6 Å². The minimum absolute atomic E-state index is 0.194. The Bertz CT molecular complexity index is 965. The molecule has 2 aromatic carbocycles. The summed E-state index contributed by atoms with van der Waals surface area (Å²) in [6.07, 6.45) is 0. The number of rotatable bonds is 3. The van der Waals surface area contributed by atoms with E-state index in [9.17, 15) is 14.4 Å². The molecule has 0 bridgehead atoms. The van der Waals surface area contributed by atoms with Crippen LogP contribution in [0.15, 0.2) is 42.2 Å². The van der Waals surface area contributed by atoms with Crippen LogP contribution in [0.2, 0.25) is 5.02 Å². The van der Waals surface area contributed by atoms with Crippen molar-refractivity contribution in [2.24, 2.45) is 0 Å². The smallest absolute Gasteiger partial charge is 0.263 e. The number of nitrogens with zero attached hydrogens (tertiary/aromatic N) is 1. The van der Waals surface area contributed by atoms with Crippen LogP contribution in [0.5, 0.6) is 0 Å². The number of hydrogen-bond donors (Lipinski definition) is 1. The van der Waals surface area contributed by atoms with Gasteiger partial charge in [-0.2, -0.15) is 0 Å². The zero-order chi connectivity index (χ0) is 20.0. The number of amides is 3. The molecule has 0 fully saturated rings. The predicted octanol–water partition coefficient (Wildman–Crippen LogP) is 6.01. The Hall–Kier alpha value is -0.740. The summed E-state index contributed by atoms with van der Waals surface area (Å²) in [5, 5.41) is 3.01. The molecule has 1 heterocycles. The molecule has 0 saturated heterocycles. The third-order valence-corrected chi connectivity index (χ3v) is 9.13. The lowest BCUT2D eigenvalue weighted by molar-refractivity contribution is -0.119. The van der Waals surface area contributed by atoms with E-state index in [1.54, 1.807) is 24.3 Å². The van der Waals surface area contributed by atoms with Crippen molar-refractivity contribution in [3.63, 3.8) is 0 Å². The number of halogens is 5. The molecule has 27 heavy (non-hydrogen) atoms. The largest absolute Gasteiger partial charge is 0.323 e. The van der Waals surface area contributed by atoms with E-state index in [1.807, 2.05) is 0 Å². The van der Waals surface area contributed by atoms with E-state index in [-0.39, 0.29) is 11.1 Å². The summed E-state index contributed by atoms with van der Waals surface area (Å²) in [6, 6.07) is 5.68. The number of benzene rings is 2. The average molecular weight is 644 g/mol. The zero-order valence-electron chi connectivity index (χ0n) is 13.4. The van der Waals surface area contributed by atoms with Gasteiger partial charge in [0.25, 0.3) is 11.8 Å². The van der Waals surface area contributed by atoms with E-state index in [0.717, 1.165) is 4.90 Å². The Kier molecular flexibility index (Phi) is 6.17. The maximum atomic E-state index is 12.9. The van der Waals surface area contributed by atoms with Crippen molar-refractivity contribution in [2.45, 2.75) is 13.0 Å². The summed E-state index contributed by atoms with van der Waals surface area (Å²) in [7, 11) is 0. The van der Waals surface area contributed by atoms with E-state index in [0.29, 0.717) is 28.6 Å². The Morgan fingerprint density at radius 3 is 1.93 bits per heavy atom. The van der Waals surface area contributed by atoms with Crippen molar-refractivity contribution in [1.29, 1.82) is 0 Å². The molecular weight excluding hydrogens is 635 g/mol. The van der Waals surface area contributed by atoms with Crippen molar-refractivity contribution in [2.75, 3.05) is 5.32 Å². The zero-order valence-corrected chi connectivity index (χ0v) is 20.5. The molecule has 1 aliphatic heterocycles. The van der Waals surface area contributed by atoms with Gasteiger partial charge < -0.3 is 5.32 Å². The number of fused-ring (bicyclic) bond motifs is 1. The van der Waals surface area contributed by atoms with Gasteiger partial charge in [0.05, 0.1) is 21.8 Å². The molecule has 0 spiro atoms. The van der Waals surface area contributed by atoms with Crippen molar-refractivity contribution in [3.8, 4) is 0 Å². The minimum atomic E-state index is -1.04. The van der Waals surface area contributed by atoms with Gasteiger partial charge in [-0.1, -0.05) is 23.7 Å². The number of carbonyl (C=O) groups is 3. The highest BCUT2D eigenvalue weighted by Gasteiger charge is 2.44. The lowest BCUT2D eigenvalue weighted by atomic mass is 10.1. The van der Waals surface area contributed by atoms with Gasteiger partial charge in [-0.15, -0.1) is 0 Å². The maximum absolute atomic E-state index is 12.9. The fourth-order valence-corrected chi connectivity index (χ4v) is 5.28. The van der Waals surface area contributed by atoms with E-state index >= 15 is 0 Å². The molecule has 0 radical (unpaired) electrons. The van der Waals surface area contributed by atoms with Crippen LogP contribution in [0.4, 0.5) is 5.69 Å². The van der Waals surface area contributed by atoms with Crippen molar-refractivity contribution < 1.29 is 14.4 Å². The molecule has 3 amide bonds. The highest BCUT2D eigenvalue weighted by molar-refractivity contribution is 9.15. The van der Waals surface area contributed by atoms with Gasteiger partial charge in [-0.25, -0.2) is 0 Å². The first-order chi connectivity index (χ1) is 12.7. The molecule has 10 heteroatoms. The molecule has 0 unspecified atom stereocenters. The summed E-state index contributed by atoms with van der Waals surface area (Å²) in [5.41, 5.74) is 0.791. The van der Waals surface area contributed by atoms with Crippen LogP contribution in [0.25, 0.3) is 0 Å². The Morgan fingerprint density at radius 2 is 1.44 bits per heavy atom. The number of carbonyl (C=O) groups excluding carboxylic acids is 3. The third-order valence-electron chi connectivity index (χ3n) is 4.03. The molecular formula is C17H9Br4ClN2O3. The second-order valence-electron chi connectivity index (χ2n) is 5.63. The molecule has 3 rings (SSSR count). The monoisotopic (exact) mass is 640 g/mol. The Labute approximate surface area is 193 Å². The van der Waals surface area contributed by atoms with E-state index < -0.39 is 23.8 Å². The van der Waals surface area contributed by atoms with Gasteiger partial charge in [0.15, 0.2) is 0 Å². The van der Waals surface area contributed by atoms with Gasteiger partial charge in [0.2, 0.25) is 5.91 Å². The van der Waals surface area contributed by atoms with Gasteiger partial charge in [0, 0.05) is 17.9 Å². The first kappa shape index (κ1) is 21.0. The fraction of sp³-hybridized carbons (Fsp3) is 0.118. The van der Waals surface area contributed by atoms with Crippen LogP contribution in [-0.4, -0.2) is 28.7 Å². The molecule has 2 aromatic rings. The van der Waals surface area contributed by atoms with Crippen LogP contribution in [-0.2, 0) is 4.79 Å². The molecule has 0 aromatic heterocycles. The molecule has 1 atom stereocenters. The maximum Gasteiger partial charge on any atom is 0.263 e. The first-order valence-electron chi connectivity index (χ1n) is 7.46. The third kappa shape index (κ3) is 3.53. The van der Waals surface area contributed by atoms with Gasteiger partial charge >= 0.3 is 0 Å². The summed E-state index contributed by atoms with van der Waals surface area (Å²) in [5.74, 6) is -1.64. The molecule has 0 saturated carbocycles. The van der Waals surface area contributed by atoms with Gasteiger partial charge in [0.1, 0.15) is 6.04 Å². The Morgan fingerprint density at radius 1 is 0.963 bits per heavy atom. The molecule has 1 N–H and O–H groups in total. The van der Waals surface area contributed by atoms with Crippen LogP contribution in [0.1, 0.15) is 27.6 Å². The fourth-order valence-electron chi connectivity index (χ4n) is 2.64. The minimum Gasteiger partial charge on any atom is -0.323 e. The standard InChI is InChI=1S/C17H9Br4ClN2O3/c1-6(15(25)23-8-5-3-2-4-7(8)22)24-16(26)9-10(17(24)27)12(19)14(21)13(20)11(9)18/h2-6H,1H3,(H,23,25)/t6-/m1/s1. The normalized spacial score (nSPS) is 14.4. The van der Waals surface area contributed by atoms with Crippen molar-refractivity contribution >= 4 is 98.7 Å². The second-order valence-corrected chi connectivity index (χ2v) is 9.21. The van der Waals surface area contributed by atoms with Crippen molar-refractivity contribution in [3.05, 3.63) is 58.3 Å². The number of imide groups is 1. The van der Waals surface area contributed by atoms with Gasteiger partial charge in [-0.05, 0) is 82.8 Å². The molecule has 5 nitrogen and oxygen atoms in total. The number of hydrogen-bond acceptors (Lipinski definition) is 3. The van der Waals surface area contributed by atoms with E-state index in [2.05, 4.69) is 69.0 Å². The quantitative estimate of drug-likeness (QED) is 0.253. The highest BCUT2D eigenvalue weighted by atomic mass is 79.9. The summed E-state index contributed by atoms with van der Waals surface area (Å²) in [6.45, 7) is 1.49. The molecule has 140 valence electrons. The van der Waals surface area contributed by atoms with Crippen LogP contribution in [0, 0.1) is 0 Å². The lowest BCUT2D eigenvalue weighted by Crippen LogP contribution is -2.45. The summed E-state index contributed by atoms with van der Waals surface area (Å²) >= 11 is 19.5. The number of anilines is 1. The average Bonchev–Trinajstić information content (AvgIpc) is 2.90. The topological polar surface area (TPSA) is 66.5 Å². The van der Waals surface area contributed by atoms with Crippen LogP contribution in [0.3, 0.4) is 0 Å². The predicted molar refractivity (Wildman–Crippen MR) is 117 cm³/mol. The molecule has 0 aliphatic carbocycles. The Balaban J connectivity index is 1.96.